The molecule has 0 aromatic carbocycles. The molecule has 8 unspecified atom stereocenters. The molecule has 1 aliphatic heterocycles. The molecule has 0 spiro atoms. The molecule has 0 amide bonds. The van der Waals surface area contributed by atoms with Gasteiger partial charge in [-0.1, -0.05) is 51.5 Å². The molecule has 8 bridgehead atoms. The van der Waals surface area contributed by atoms with E-state index in [9.17, 15) is 24.3 Å². The van der Waals surface area contributed by atoms with Gasteiger partial charge < -0.3 is 33.5 Å². The third-order valence-corrected chi connectivity index (χ3v) is 15.6. The molecule has 12 nitrogen and oxygen atoms in total. The highest BCUT2D eigenvalue weighted by molar-refractivity contribution is 5.84. The van der Waals surface area contributed by atoms with Gasteiger partial charge in [-0.15, -0.1) is 0 Å². The summed E-state index contributed by atoms with van der Waals surface area (Å²) in [6.07, 6.45) is 10.2. The van der Waals surface area contributed by atoms with E-state index in [4.69, 9.17) is 28.4 Å². The second kappa shape index (κ2) is 20.2. The standard InChI is InChI=1S/C44H66O12.6CH4/c1-8-39(4,35(48)53-22-31-10-9-11-32(51-6)54-31)24-40(5,36(49)56-44-20-29-13-30(21-44)17-42(16-29,26-44)37(50)52-7)23-38(2,3)34(47)55-43-18-27-12-28(19-43)15-41(14-27,25-43)33(45)46;;;;;;/h27-32H,8-26H2,1-7H3,(H,45,46);6*1H4. The van der Waals surface area contributed by atoms with E-state index in [1.807, 2.05) is 13.8 Å². The molecule has 1 saturated heterocycles. The third-order valence-electron chi connectivity index (χ3n) is 15.6. The van der Waals surface area contributed by atoms with Crippen molar-refractivity contribution < 1.29 is 57.5 Å². The Hall–Kier alpha value is -2.73. The molecule has 9 aliphatic rings. The first-order valence-electron chi connectivity index (χ1n) is 21.4. The fourth-order valence-corrected chi connectivity index (χ4v) is 13.9. The number of carboxylic acid groups (broad SMARTS) is 1. The van der Waals surface area contributed by atoms with E-state index in [0.29, 0.717) is 57.8 Å². The molecule has 8 atom stereocenters. The lowest BCUT2D eigenvalue weighted by molar-refractivity contribution is -0.223. The summed E-state index contributed by atoms with van der Waals surface area (Å²) < 4.78 is 35.9. The molecule has 1 N–H and O–H groups in total. The van der Waals surface area contributed by atoms with Crippen LogP contribution >= 0.6 is 0 Å². The largest absolute Gasteiger partial charge is 0.481 e. The number of carbonyl (C=O) groups excluding carboxylic acids is 4. The van der Waals surface area contributed by atoms with Gasteiger partial charge in [0.05, 0.1) is 40.3 Å². The number of carbonyl (C=O) groups is 5. The molecule has 8 aliphatic carbocycles. The van der Waals surface area contributed by atoms with Gasteiger partial charge in [-0.3, -0.25) is 24.0 Å². The molecule has 9 fully saturated rings. The van der Waals surface area contributed by atoms with Crippen LogP contribution in [0, 0.1) is 50.7 Å². The molecule has 1 heterocycles. The summed E-state index contributed by atoms with van der Waals surface area (Å²) in [6, 6.07) is 0. The molecule has 8 saturated carbocycles. The first kappa shape index (κ1) is 57.3. The van der Waals surface area contributed by atoms with E-state index in [-0.39, 0.29) is 106 Å². The smallest absolute Gasteiger partial charge is 0.312 e. The van der Waals surface area contributed by atoms with Gasteiger partial charge in [-0.05, 0) is 154 Å². The third kappa shape index (κ3) is 10.5. The zero-order chi connectivity index (χ0) is 40.5. The van der Waals surface area contributed by atoms with Gasteiger partial charge in [-0.25, -0.2) is 0 Å². The van der Waals surface area contributed by atoms with Crippen LogP contribution in [0.2, 0.25) is 0 Å². The Morgan fingerprint density at radius 3 is 1.60 bits per heavy atom. The van der Waals surface area contributed by atoms with Crippen molar-refractivity contribution in [2.24, 2.45) is 50.7 Å². The predicted molar refractivity (Wildman–Crippen MR) is 242 cm³/mol. The molecule has 362 valence electrons. The lowest BCUT2D eigenvalue weighted by Gasteiger charge is -2.60. The number of esters is 4. The monoisotopic (exact) mass is 883 g/mol. The van der Waals surface area contributed by atoms with Crippen LogP contribution in [0.5, 0.6) is 0 Å². The lowest BCUT2D eigenvalue weighted by Crippen LogP contribution is -2.61. The van der Waals surface area contributed by atoms with Crippen LogP contribution in [0.4, 0.5) is 0 Å². The van der Waals surface area contributed by atoms with Crippen LogP contribution < -0.4 is 0 Å². The molecule has 0 radical (unpaired) electrons. The van der Waals surface area contributed by atoms with Gasteiger partial charge in [0.15, 0.2) is 6.29 Å². The highest BCUT2D eigenvalue weighted by atomic mass is 16.7. The number of hydrogen-bond acceptors (Lipinski definition) is 11. The highest BCUT2D eigenvalue weighted by Crippen LogP contribution is 2.65. The van der Waals surface area contributed by atoms with E-state index in [1.54, 1.807) is 27.9 Å². The second-order valence-electron chi connectivity index (χ2n) is 21.1. The van der Waals surface area contributed by atoms with Gasteiger partial charge >= 0.3 is 29.8 Å². The van der Waals surface area contributed by atoms with Gasteiger partial charge in [0.25, 0.3) is 0 Å². The molecular formula is C50H90O12. The molecule has 9 rings (SSSR count). The van der Waals surface area contributed by atoms with Crippen molar-refractivity contribution in [2.75, 3.05) is 20.8 Å². The van der Waals surface area contributed by atoms with Crippen molar-refractivity contribution in [1.29, 1.82) is 0 Å². The summed E-state index contributed by atoms with van der Waals surface area (Å²) in [6.45, 7) is 9.12. The number of aliphatic carboxylic acids is 1. The topological polar surface area (TPSA) is 161 Å². The SMILES string of the molecule is C.C.C.C.C.C.CCC(C)(CC(C)(CC(C)(C)C(=O)OC12CC3CC(C1)CC(C(=O)O)(C3)C2)C(=O)OC12CC3CC(C1)CC(C(=O)OC)(C3)C2)C(=O)OCC1CCCC(OC)O1. The van der Waals surface area contributed by atoms with E-state index < -0.39 is 62.2 Å². The van der Waals surface area contributed by atoms with Gasteiger partial charge in [0.1, 0.15) is 17.8 Å². The molecule has 0 aromatic heterocycles. The minimum atomic E-state index is -1.35. The van der Waals surface area contributed by atoms with Crippen LogP contribution in [0.25, 0.3) is 0 Å². The normalized spacial score (nSPS) is 36.4. The highest BCUT2D eigenvalue weighted by Gasteiger charge is 2.65. The van der Waals surface area contributed by atoms with Crippen molar-refractivity contribution in [2.45, 2.75) is 218 Å². The van der Waals surface area contributed by atoms with E-state index >= 15 is 4.79 Å². The number of methoxy groups -OCH3 is 2. The first-order valence-corrected chi connectivity index (χ1v) is 21.4. The van der Waals surface area contributed by atoms with Crippen LogP contribution in [0.15, 0.2) is 0 Å². The number of rotatable bonds is 15. The molecular weight excluding hydrogens is 793 g/mol. The summed E-state index contributed by atoms with van der Waals surface area (Å²) in [5, 5.41) is 10.3. The fourth-order valence-electron chi connectivity index (χ4n) is 13.9. The molecule has 0 aromatic rings. The van der Waals surface area contributed by atoms with Gasteiger partial charge in [0, 0.05) is 20.0 Å². The van der Waals surface area contributed by atoms with Crippen LogP contribution in [0.1, 0.15) is 195 Å². The Balaban J connectivity index is 0.00000320. The van der Waals surface area contributed by atoms with Crippen LogP contribution in [0.3, 0.4) is 0 Å². The Morgan fingerprint density at radius 1 is 0.645 bits per heavy atom. The maximum absolute atomic E-state index is 15.1. The first-order chi connectivity index (χ1) is 26.2. The van der Waals surface area contributed by atoms with E-state index in [2.05, 4.69) is 0 Å². The zero-order valence-electron chi connectivity index (χ0n) is 34.8. The summed E-state index contributed by atoms with van der Waals surface area (Å²) in [5.41, 5.74) is -6.92. The molecule has 62 heavy (non-hydrogen) atoms. The van der Waals surface area contributed by atoms with Crippen molar-refractivity contribution in [3.8, 4) is 0 Å². The Bertz CT molecular complexity index is 1560. The summed E-state index contributed by atoms with van der Waals surface area (Å²) >= 11 is 0. The van der Waals surface area contributed by atoms with Gasteiger partial charge in [-0.2, -0.15) is 0 Å². The average Bonchev–Trinajstić information content (AvgIpc) is 3.11. The Labute approximate surface area is 376 Å². The van der Waals surface area contributed by atoms with Crippen molar-refractivity contribution in [3.05, 3.63) is 0 Å². The lowest BCUT2D eigenvalue weighted by atomic mass is 9.47. The number of carboxylic acids is 1. The maximum atomic E-state index is 15.1. The Morgan fingerprint density at radius 2 is 1.13 bits per heavy atom. The van der Waals surface area contributed by atoms with Crippen molar-refractivity contribution >= 4 is 29.8 Å². The van der Waals surface area contributed by atoms with Crippen molar-refractivity contribution in [1.82, 2.24) is 0 Å². The quantitative estimate of drug-likeness (QED) is 0.123. The number of ether oxygens (including phenoxy) is 6. The van der Waals surface area contributed by atoms with Crippen LogP contribution in [-0.2, 0) is 52.4 Å². The predicted octanol–water partition coefficient (Wildman–Crippen LogP) is 11.1. The van der Waals surface area contributed by atoms with Crippen molar-refractivity contribution in [3.63, 3.8) is 0 Å². The molecule has 12 heteroatoms. The minimum Gasteiger partial charge on any atom is -0.481 e. The van der Waals surface area contributed by atoms with E-state index in [0.717, 1.165) is 44.9 Å². The summed E-state index contributed by atoms with van der Waals surface area (Å²) in [7, 11) is 3.02. The summed E-state index contributed by atoms with van der Waals surface area (Å²) in [4.78, 5) is 69.5. The van der Waals surface area contributed by atoms with E-state index in [1.165, 1.54) is 7.11 Å². The second-order valence-corrected chi connectivity index (χ2v) is 21.1. The maximum Gasteiger partial charge on any atom is 0.312 e. The van der Waals surface area contributed by atoms with Crippen LogP contribution in [-0.4, -0.2) is 79.4 Å². The number of hydrogen-bond donors (Lipinski definition) is 1. The van der Waals surface area contributed by atoms with Gasteiger partial charge in [0.2, 0.25) is 0 Å². The fraction of sp³-hybridized carbons (Fsp3) is 0.900. The Kier molecular flexibility index (Phi) is 18.7. The minimum absolute atomic E-state index is 0. The summed E-state index contributed by atoms with van der Waals surface area (Å²) in [5.74, 6) is -1.58. The average molecular weight is 883 g/mol. The zero-order valence-corrected chi connectivity index (χ0v) is 34.8.